The van der Waals surface area contributed by atoms with Gasteiger partial charge in [0.1, 0.15) is 0 Å². The monoisotopic (exact) mass is 282 g/mol. The quantitative estimate of drug-likeness (QED) is 0.513. The summed E-state index contributed by atoms with van der Waals surface area (Å²) in [6.45, 7) is 7.50. The molecule has 0 aromatic heterocycles. The summed E-state index contributed by atoms with van der Waals surface area (Å²) in [6, 6.07) is 0. The van der Waals surface area contributed by atoms with Crippen LogP contribution in [0.3, 0.4) is 0 Å². The Kier molecular flexibility index (Phi) is 3.04. The Labute approximate surface area is 130 Å². The molecule has 0 heteroatoms. The lowest BCUT2D eigenvalue weighted by molar-refractivity contribution is 0.0899. The second-order valence-corrected chi connectivity index (χ2v) is 8.37. The Hall–Kier alpha value is -0.780. The smallest absolute Gasteiger partial charge is 0.0275 e. The van der Waals surface area contributed by atoms with E-state index in [0.717, 1.165) is 24.2 Å². The van der Waals surface area contributed by atoms with E-state index in [9.17, 15) is 0 Å². The number of rotatable bonds is 1. The highest BCUT2D eigenvalue weighted by atomic mass is 14.6. The molecule has 0 heterocycles. The van der Waals surface area contributed by atoms with E-state index in [1.807, 2.05) is 0 Å². The van der Waals surface area contributed by atoms with Crippen molar-refractivity contribution < 1.29 is 0 Å². The molecule has 0 saturated heterocycles. The molecule has 0 nitrogen and oxygen atoms in total. The van der Waals surface area contributed by atoms with Crippen molar-refractivity contribution in [2.24, 2.45) is 28.6 Å². The fourth-order valence-electron chi connectivity index (χ4n) is 6.43. The average molecular weight is 282 g/mol. The lowest BCUT2D eigenvalue weighted by atomic mass is 9.52. The highest BCUT2D eigenvalue weighted by Gasteiger charge is 2.54. The fraction of sp³-hybridized carbons (Fsp3) is 0.714. The van der Waals surface area contributed by atoms with Gasteiger partial charge < -0.3 is 0 Å². The van der Waals surface area contributed by atoms with Crippen LogP contribution in [0.2, 0.25) is 0 Å². The largest absolute Gasteiger partial charge is 0.0836 e. The number of hydrogen-bond donors (Lipinski definition) is 0. The van der Waals surface area contributed by atoms with Gasteiger partial charge in [-0.25, -0.2) is 0 Å². The number of hydrogen-bond acceptors (Lipinski definition) is 0. The van der Waals surface area contributed by atoms with E-state index in [-0.39, 0.29) is 5.41 Å². The minimum absolute atomic E-state index is 0.271. The second kappa shape index (κ2) is 4.61. The first-order valence-corrected chi connectivity index (χ1v) is 9.17. The molecule has 4 aliphatic rings. The third kappa shape index (κ3) is 1.74. The first-order chi connectivity index (χ1) is 10.1. The molecule has 4 rings (SSSR count). The molecule has 21 heavy (non-hydrogen) atoms. The Morgan fingerprint density at radius 1 is 1.14 bits per heavy atom. The molecule has 0 aromatic rings. The predicted octanol–water partition coefficient (Wildman–Crippen LogP) is 6.06. The molecule has 2 saturated carbocycles. The molecule has 0 N–H and O–H groups in total. The number of fused-ring (bicyclic) bond motifs is 5. The summed E-state index contributed by atoms with van der Waals surface area (Å²) >= 11 is 0. The summed E-state index contributed by atoms with van der Waals surface area (Å²) < 4.78 is 0. The van der Waals surface area contributed by atoms with Crippen molar-refractivity contribution in [3.63, 3.8) is 0 Å². The zero-order valence-electron chi connectivity index (χ0n) is 14.0. The lowest BCUT2D eigenvalue weighted by Gasteiger charge is -2.52. The van der Waals surface area contributed by atoms with Crippen LogP contribution in [-0.4, -0.2) is 0 Å². The minimum Gasteiger partial charge on any atom is -0.0836 e. The van der Waals surface area contributed by atoms with Gasteiger partial charge in [-0.05, 0) is 68.6 Å². The first kappa shape index (κ1) is 13.9. The van der Waals surface area contributed by atoms with Crippen LogP contribution in [0.15, 0.2) is 35.5 Å². The lowest BCUT2D eigenvalue weighted by Crippen LogP contribution is -2.43. The summed E-state index contributed by atoms with van der Waals surface area (Å²) in [5.41, 5.74) is 4.36. The maximum absolute atomic E-state index is 2.68. The summed E-state index contributed by atoms with van der Waals surface area (Å²) in [4.78, 5) is 0. The summed E-state index contributed by atoms with van der Waals surface area (Å²) in [6.07, 6.45) is 19.7. The zero-order valence-corrected chi connectivity index (χ0v) is 14.0. The van der Waals surface area contributed by atoms with Crippen LogP contribution in [0.5, 0.6) is 0 Å². The minimum atomic E-state index is 0.271. The third-order valence-corrected chi connectivity index (χ3v) is 7.69. The molecular formula is C21H30. The van der Waals surface area contributed by atoms with Gasteiger partial charge in [-0.3, -0.25) is 0 Å². The van der Waals surface area contributed by atoms with Crippen molar-refractivity contribution in [1.29, 1.82) is 0 Å². The Bertz CT molecular complexity index is 534. The van der Waals surface area contributed by atoms with Gasteiger partial charge in [-0.2, -0.15) is 0 Å². The third-order valence-electron chi connectivity index (χ3n) is 7.69. The summed E-state index contributed by atoms with van der Waals surface area (Å²) in [5, 5.41) is 0. The van der Waals surface area contributed by atoms with Crippen LogP contribution >= 0.6 is 0 Å². The van der Waals surface area contributed by atoms with Crippen molar-refractivity contribution in [3.05, 3.63) is 35.5 Å². The van der Waals surface area contributed by atoms with Crippen LogP contribution in [0.25, 0.3) is 0 Å². The van der Waals surface area contributed by atoms with Crippen LogP contribution < -0.4 is 0 Å². The van der Waals surface area contributed by atoms with Crippen molar-refractivity contribution in [2.75, 3.05) is 0 Å². The molecule has 5 atom stereocenters. The van der Waals surface area contributed by atoms with Crippen molar-refractivity contribution in [1.82, 2.24) is 0 Å². The Balaban J connectivity index is 1.75. The molecule has 4 aliphatic carbocycles. The van der Waals surface area contributed by atoms with Crippen LogP contribution in [-0.2, 0) is 0 Å². The molecule has 0 unspecified atom stereocenters. The zero-order chi connectivity index (χ0) is 14.7. The van der Waals surface area contributed by atoms with E-state index in [2.05, 4.69) is 45.1 Å². The average Bonchev–Trinajstić information content (AvgIpc) is 2.83. The number of allylic oxidation sites excluding steroid dienone is 6. The van der Waals surface area contributed by atoms with Crippen molar-refractivity contribution in [3.8, 4) is 0 Å². The second-order valence-electron chi connectivity index (χ2n) is 8.37. The molecule has 0 spiro atoms. The normalized spacial score (nSPS) is 48.0. The molecule has 0 bridgehead atoms. The van der Waals surface area contributed by atoms with E-state index in [4.69, 9.17) is 0 Å². The van der Waals surface area contributed by atoms with Gasteiger partial charge in [0.05, 0.1) is 0 Å². The fourth-order valence-corrected chi connectivity index (χ4v) is 6.43. The van der Waals surface area contributed by atoms with Crippen LogP contribution in [0.4, 0.5) is 0 Å². The molecule has 0 radical (unpaired) electrons. The van der Waals surface area contributed by atoms with E-state index in [1.54, 1.807) is 11.1 Å². The highest BCUT2D eigenvalue weighted by Crippen LogP contribution is 2.64. The molecule has 0 aliphatic heterocycles. The van der Waals surface area contributed by atoms with Gasteiger partial charge >= 0.3 is 0 Å². The van der Waals surface area contributed by atoms with Gasteiger partial charge in [0.15, 0.2) is 0 Å². The van der Waals surface area contributed by atoms with Crippen molar-refractivity contribution >= 4 is 0 Å². The highest BCUT2D eigenvalue weighted by molar-refractivity contribution is 5.43. The topological polar surface area (TPSA) is 0 Å². The molecular weight excluding hydrogens is 252 g/mol. The van der Waals surface area contributed by atoms with Gasteiger partial charge in [0.2, 0.25) is 0 Å². The maximum Gasteiger partial charge on any atom is 0.0275 e. The summed E-state index contributed by atoms with van der Waals surface area (Å²) in [5.74, 6) is 2.79. The van der Waals surface area contributed by atoms with Crippen molar-refractivity contribution in [2.45, 2.75) is 65.7 Å². The Morgan fingerprint density at radius 3 is 2.81 bits per heavy atom. The van der Waals surface area contributed by atoms with Crippen LogP contribution in [0.1, 0.15) is 65.7 Å². The van der Waals surface area contributed by atoms with Gasteiger partial charge in [0, 0.05) is 5.41 Å². The van der Waals surface area contributed by atoms with Gasteiger partial charge in [-0.1, -0.05) is 55.7 Å². The van der Waals surface area contributed by atoms with E-state index < -0.39 is 0 Å². The molecule has 114 valence electrons. The molecule has 0 aromatic carbocycles. The predicted molar refractivity (Wildman–Crippen MR) is 90.0 cm³/mol. The Morgan fingerprint density at radius 2 is 2.00 bits per heavy atom. The molecule has 2 fully saturated rings. The SMILES string of the molecule is CC[C@H]1CC[C@H]2[C@@H]3CCC4=CCC=C[C@]4(C)C3=CC[C@]12C. The van der Waals surface area contributed by atoms with Gasteiger partial charge in [-0.15, -0.1) is 0 Å². The van der Waals surface area contributed by atoms with E-state index in [1.165, 1.54) is 38.5 Å². The van der Waals surface area contributed by atoms with E-state index in [0.29, 0.717) is 5.41 Å². The first-order valence-electron chi connectivity index (χ1n) is 9.17. The molecule has 0 amide bonds. The standard InChI is InChI=1S/C21H30/c1-4-15-9-11-18-17-10-8-16-7-5-6-13-20(16,2)19(17)12-14-21(15,18)3/h6-7,12-13,15,17-18H,4-5,8-11,14H2,1-3H3/t15-,17-,18-,20-,21+/m0/s1. The van der Waals surface area contributed by atoms with E-state index >= 15 is 0 Å². The summed E-state index contributed by atoms with van der Waals surface area (Å²) in [7, 11) is 0. The van der Waals surface area contributed by atoms with Crippen LogP contribution in [0, 0.1) is 28.6 Å². The maximum atomic E-state index is 2.68. The van der Waals surface area contributed by atoms with Gasteiger partial charge in [0.25, 0.3) is 0 Å².